The van der Waals surface area contributed by atoms with E-state index in [-0.39, 0.29) is 0 Å². The highest BCUT2D eigenvalue weighted by atomic mass is 19.1. The zero-order chi connectivity index (χ0) is 18.2. The lowest BCUT2D eigenvalue weighted by Gasteiger charge is -2.10. The fraction of sp³-hybridized carbons (Fsp3) is 0.263. The van der Waals surface area contributed by atoms with Gasteiger partial charge in [-0.15, -0.1) is 0 Å². The summed E-state index contributed by atoms with van der Waals surface area (Å²) in [4.78, 5) is 23.8. The zero-order valence-electron chi connectivity index (χ0n) is 14.1. The quantitative estimate of drug-likeness (QED) is 0.778. The van der Waals surface area contributed by atoms with Crippen LogP contribution in [0.5, 0.6) is 5.75 Å². The molecule has 2 aromatic carbocycles. The number of amides is 1. The molecule has 0 saturated carbocycles. The second-order valence-corrected chi connectivity index (χ2v) is 5.86. The molecule has 6 heteroatoms. The minimum Gasteiger partial charge on any atom is -0.493 e. The summed E-state index contributed by atoms with van der Waals surface area (Å²) in [5.41, 5.74) is 0.724. The Hall–Kier alpha value is -2.89. The molecule has 25 heavy (non-hydrogen) atoms. The SMILES string of the molecule is CC(C)COc1cccc(C(=O)OCC(=O)Nc2ccc(F)cc2)c1. The standard InChI is InChI=1S/C19H20FNO4/c1-13(2)11-24-17-5-3-4-14(10-17)19(23)25-12-18(22)21-16-8-6-15(20)7-9-16/h3-10,13H,11-12H2,1-2H3,(H,21,22). The summed E-state index contributed by atoms with van der Waals surface area (Å²) in [6, 6.07) is 11.9. The molecule has 0 radical (unpaired) electrons. The molecule has 0 aromatic heterocycles. The molecule has 0 aliphatic heterocycles. The third-order valence-corrected chi connectivity index (χ3v) is 3.12. The van der Waals surface area contributed by atoms with Gasteiger partial charge in [0.1, 0.15) is 11.6 Å². The lowest BCUT2D eigenvalue weighted by Crippen LogP contribution is -2.21. The molecule has 0 aliphatic rings. The molecule has 0 fully saturated rings. The van der Waals surface area contributed by atoms with Crippen LogP contribution in [0.15, 0.2) is 48.5 Å². The maximum absolute atomic E-state index is 12.8. The summed E-state index contributed by atoms with van der Waals surface area (Å²) in [5, 5.41) is 2.51. The number of anilines is 1. The third-order valence-electron chi connectivity index (χ3n) is 3.12. The topological polar surface area (TPSA) is 64.6 Å². The molecule has 0 atom stereocenters. The largest absolute Gasteiger partial charge is 0.493 e. The third kappa shape index (κ3) is 6.25. The summed E-state index contributed by atoms with van der Waals surface area (Å²) in [7, 11) is 0. The molecule has 0 bridgehead atoms. The van der Waals surface area contributed by atoms with Crippen LogP contribution >= 0.6 is 0 Å². The Kier molecular flexibility index (Phi) is 6.51. The maximum Gasteiger partial charge on any atom is 0.338 e. The van der Waals surface area contributed by atoms with Crippen molar-refractivity contribution in [1.82, 2.24) is 0 Å². The predicted molar refractivity (Wildman–Crippen MR) is 92.1 cm³/mol. The van der Waals surface area contributed by atoms with Crippen molar-refractivity contribution in [3.05, 3.63) is 59.9 Å². The monoisotopic (exact) mass is 345 g/mol. The smallest absolute Gasteiger partial charge is 0.338 e. The molecule has 2 rings (SSSR count). The summed E-state index contributed by atoms with van der Waals surface area (Å²) in [5.74, 6) is -0.593. The van der Waals surface area contributed by atoms with Crippen molar-refractivity contribution in [1.29, 1.82) is 0 Å². The lowest BCUT2D eigenvalue weighted by atomic mass is 10.2. The summed E-state index contributed by atoms with van der Waals surface area (Å²) >= 11 is 0. The van der Waals surface area contributed by atoms with E-state index in [1.54, 1.807) is 24.3 Å². The Morgan fingerprint density at radius 2 is 1.84 bits per heavy atom. The minimum absolute atomic E-state index is 0.302. The molecule has 1 amide bonds. The molecule has 132 valence electrons. The molecule has 0 unspecified atom stereocenters. The van der Waals surface area contributed by atoms with Crippen molar-refractivity contribution in [2.24, 2.45) is 5.92 Å². The van der Waals surface area contributed by atoms with E-state index in [1.807, 2.05) is 13.8 Å². The molecule has 0 saturated heterocycles. The van der Waals surface area contributed by atoms with Crippen molar-refractivity contribution in [3.8, 4) is 5.75 Å². The highest BCUT2D eigenvalue weighted by Crippen LogP contribution is 2.15. The van der Waals surface area contributed by atoms with Gasteiger partial charge in [0.25, 0.3) is 5.91 Å². The van der Waals surface area contributed by atoms with E-state index in [0.717, 1.165) is 0 Å². The Labute approximate surface area is 145 Å². The van der Waals surface area contributed by atoms with Crippen LogP contribution in [0.1, 0.15) is 24.2 Å². The number of carbonyl (C=O) groups excluding carboxylic acids is 2. The van der Waals surface area contributed by atoms with Gasteiger partial charge in [0.15, 0.2) is 6.61 Å². The average Bonchev–Trinajstić information content (AvgIpc) is 2.60. The summed E-state index contributed by atoms with van der Waals surface area (Å²) in [6.07, 6.45) is 0. The second-order valence-electron chi connectivity index (χ2n) is 5.86. The van der Waals surface area contributed by atoms with E-state index in [1.165, 1.54) is 24.3 Å². The number of benzene rings is 2. The van der Waals surface area contributed by atoms with Gasteiger partial charge in [-0.05, 0) is 48.4 Å². The van der Waals surface area contributed by atoms with Crippen LogP contribution in [0.3, 0.4) is 0 Å². The highest BCUT2D eigenvalue weighted by Gasteiger charge is 2.11. The van der Waals surface area contributed by atoms with Gasteiger partial charge in [-0.2, -0.15) is 0 Å². The first-order valence-electron chi connectivity index (χ1n) is 7.89. The van der Waals surface area contributed by atoms with E-state index in [9.17, 15) is 14.0 Å². The molecule has 0 spiro atoms. The Balaban J connectivity index is 1.86. The van der Waals surface area contributed by atoms with E-state index in [2.05, 4.69) is 5.32 Å². The zero-order valence-corrected chi connectivity index (χ0v) is 14.1. The number of carbonyl (C=O) groups is 2. The molecule has 0 aliphatic carbocycles. The number of ether oxygens (including phenoxy) is 2. The van der Waals surface area contributed by atoms with Crippen molar-refractivity contribution < 1.29 is 23.5 Å². The fourth-order valence-electron chi connectivity index (χ4n) is 1.92. The van der Waals surface area contributed by atoms with Gasteiger partial charge in [-0.25, -0.2) is 9.18 Å². The lowest BCUT2D eigenvalue weighted by molar-refractivity contribution is -0.119. The van der Waals surface area contributed by atoms with E-state index in [4.69, 9.17) is 9.47 Å². The van der Waals surface area contributed by atoms with Gasteiger partial charge in [0, 0.05) is 5.69 Å². The highest BCUT2D eigenvalue weighted by molar-refractivity contribution is 5.95. The number of hydrogen-bond acceptors (Lipinski definition) is 4. The average molecular weight is 345 g/mol. The molecular formula is C19H20FNO4. The van der Waals surface area contributed by atoms with Gasteiger partial charge >= 0.3 is 5.97 Å². The van der Waals surface area contributed by atoms with E-state index >= 15 is 0 Å². The maximum atomic E-state index is 12.8. The molecule has 5 nitrogen and oxygen atoms in total. The Morgan fingerprint density at radius 3 is 2.52 bits per heavy atom. The van der Waals surface area contributed by atoms with Crippen LogP contribution in [0.25, 0.3) is 0 Å². The molecular weight excluding hydrogens is 325 g/mol. The van der Waals surface area contributed by atoms with Crippen LogP contribution in [0.2, 0.25) is 0 Å². The van der Waals surface area contributed by atoms with Gasteiger partial charge in [0.05, 0.1) is 12.2 Å². The van der Waals surface area contributed by atoms with E-state index < -0.39 is 24.3 Å². The van der Waals surface area contributed by atoms with Crippen LogP contribution in [0, 0.1) is 11.7 Å². The number of halogens is 1. The van der Waals surface area contributed by atoms with Crippen LogP contribution in [0.4, 0.5) is 10.1 Å². The van der Waals surface area contributed by atoms with Gasteiger partial charge in [0.2, 0.25) is 0 Å². The fourth-order valence-corrected chi connectivity index (χ4v) is 1.92. The summed E-state index contributed by atoms with van der Waals surface area (Å²) < 4.78 is 23.3. The van der Waals surface area contributed by atoms with Crippen molar-refractivity contribution >= 4 is 17.6 Å². The van der Waals surface area contributed by atoms with Gasteiger partial charge < -0.3 is 14.8 Å². The minimum atomic E-state index is -0.621. The van der Waals surface area contributed by atoms with Crippen LogP contribution in [-0.4, -0.2) is 25.1 Å². The first-order chi connectivity index (χ1) is 11.9. The van der Waals surface area contributed by atoms with Crippen molar-refractivity contribution in [2.45, 2.75) is 13.8 Å². The van der Waals surface area contributed by atoms with E-state index in [0.29, 0.717) is 29.5 Å². The second kappa shape index (κ2) is 8.82. The Morgan fingerprint density at radius 1 is 1.12 bits per heavy atom. The molecule has 1 N–H and O–H groups in total. The van der Waals surface area contributed by atoms with Gasteiger partial charge in [-0.3, -0.25) is 4.79 Å². The number of nitrogens with one attached hydrogen (secondary N) is 1. The predicted octanol–water partition coefficient (Wildman–Crippen LogP) is 3.66. The molecule has 2 aromatic rings. The summed E-state index contributed by atoms with van der Waals surface area (Å²) in [6.45, 7) is 4.15. The van der Waals surface area contributed by atoms with Crippen LogP contribution in [-0.2, 0) is 9.53 Å². The van der Waals surface area contributed by atoms with Crippen LogP contribution < -0.4 is 10.1 Å². The number of esters is 1. The number of rotatable bonds is 7. The van der Waals surface area contributed by atoms with Crippen molar-refractivity contribution in [3.63, 3.8) is 0 Å². The number of hydrogen-bond donors (Lipinski definition) is 1. The van der Waals surface area contributed by atoms with Crippen molar-refractivity contribution in [2.75, 3.05) is 18.5 Å². The first kappa shape index (κ1) is 18.4. The first-order valence-corrected chi connectivity index (χ1v) is 7.89. The normalized spacial score (nSPS) is 10.4. The Bertz CT molecular complexity index is 728. The molecule has 0 heterocycles. The van der Waals surface area contributed by atoms with Gasteiger partial charge in [-0.1, -0.05) is 19.9 Å².